The Balaban J connectivity index is 1.66. The van der Waals surface area contributed by atoms with E-state index in [4.69, 9.17) is 16.3 Å². The number of fused-ring (bicyclic) bond motifs is 1. The van der Waals surface area contributed by atoms with Gasteiger partial charge in [0.1, 0.15) is 11.6 Å². The fourth-order valence-electron chi connectivity index (χ4n) is 3.66. The molecule has 0 radical (unpaired) electrons. The van der Waals surface area contributed by atoms with Gasteiger partial charge >= 0.3 is 0 Å². The smallest absolute Gasteiger partial charge is 0.252 e. The number of para-hydroxylation sites is 1. The number of amides is 1. The molecule has 10 heteroatoms. The van der Waals surface area contributed by atoms with Crippen LogP contribution >= 0.6 is 23.4 Å². The molecule has 2 saturated heterocycles. The summed E-state index contributed by atoms with van der Waals surface area (Å²) in [5, 5.41) is 0.0556. The minimum Gasteiger partial charge on any atom is -0.496 e. The number of ether oxygens (including phenoxy) is 1. The Hall–Kier alpha value is -2.10. The van der Waals surface area contributed by atoms with Crippen LogP contribution in [0.3, 0.4) is 0 Å². The van der Waals surface area contributed by atoms with E-state index in [-0.39, 0.29) is 28.2 Å². The molecule has 2 aromatic rings. The van der Waals surface area contributed by atoms with Crippen molar-refractivity contribution >= 4 is 50.0 Å². The quantitative estimate of drug-likeness (QED) is 0.685. The number of amidine groups is 1. The van der Waals surface area contributed by atoms with Crippen LogP contribution in [0.25, 0.3) is 0 Å². The van der Waals surface area contributed by atoms with Gasteiger partial charge in [-0.05, 0) is 24.3 Å². The van der Waals surface area contributed by atoms with Crippen molar-refractivity contribution < 1.29 is 22.3 Å². The molecule has 2 aromatic carbocycles. The van der Waals surface area contributed by atoms with E-state index in [0.29, 0.717) is 22.2 Å². The number of hydrogen-bond acceptors (Lipinski definition) is 5. The molecule has 6 nitrogen and oxygen atoms in total. The van der Waals surface area contributed by atoms with Crippen molar-refractivity contribution in [2.45, 2.75) is 17.7 Å². The minimum atomic E-state index is -3.21. The Labute approximate surface area is 183 Å². The van der Waals surface area contributed by atoms with E-state index >= 15 is 0 Å². The molecule has 4 rings (SSSR count). The van der Waals surface area contributed by atoms with Crippen molar-refractivity contribution in [3.8, 4) is 5.75 Å². The zero-order chi connectivity index (χ0) is 21.5. The number of sulfone groups is 1. The second-order valence-corrected chi connectivity index (χ2v) is 10.8. The van der Waals surface area contributed by atoms with Crippen LogP contribution in [0.1, 0.15) is 5.56 Å². The SMILES string of the molecule is COc1ccccc1CC(=O)N=C1S[C@H]2CS(=O)(=O)C[C@H]2N1c1ccc(Cl)c(F)c1. The van der Waals surface area contributed by atoms with Crippen LogP contribution in [0.4, 0.5) is 10.1 Å². The summed E-state index contributed by atoms with van der Waals surface area (Å²) in [7, 11) is -1.68. The van der Waals surface area contributed by atoms with Crippen molar-refractivity contribution in [1.29, 1.82) is 0 Å². The van der Waals surface area contributed by atoms with Crippen molar-refractivity contribution in [2.75, 3.05) is 23.5 Å². The number of anilines is 1. The largest absolute Gasteiger partial charge is 0.496 e. The van der Waals surface area contributed by atoms with Gasteiger partial charge in [0.25, 0.3) is 5.91 Å². The lowest BCUT2D eigenvalue weighted by atomic mass is 10.1. The number of carbonyl (C=O) groups is 1. The minimum absolute atomic E-state index is 0.00533. The van der Waals surface area contributed by atoms with Gasteiger partial charge in [-0.15, -0.1) is 0 Å². The third kappa shape index (κ3) is 4.19. The standard InChI is InChI=1S/C20H18ClFN2O4S2/c1-28-17-5-3-2-4-12(17)8-19(25)23-20-24(13-6-7-14(21)15(22)9-13)16-10-30(26,27)11-18(16)29-20/h2-7,9,16,18H,8,10-11H2,1H3/t16-,18+/m1/s1. The Morgan fingerprint density at radius 1 is 1.30 bits per heavy atom. The maximum atomic E-state index is 14.1. The number of aliphatic imine (C=N–C) groups is 1. The normalized spacial score (nSPS) is 23.6. The van der Waals surface area contributed by atoms with Crippen LogP contribution in [-0.2, 0) is 21.1 Å². The van der Waals surface area contributed by atoms with E-state index in [9.17, 15) is 17.6 Å². The van der Waals surface area contributed by atoms with E-state index in [1.54, 1.807) is 29.2 Å². The topological polar surface area (TPSA) is 76.0 Å². The molecule has 0 spiro atoms. The van der Waals surface area contributed by atoms with Gasteiger partial charge in [0.2, 0.25) is 0 Å². The molecule has 2 aliphatic heterocycles. The van der Waals surface area contributed by atoms with Gasteiger partial charge in [-0.1, -0.05) is 41.6 Å². The molecule has 2 atom stereocenters. The van der Waals surface area contributed by atoms with Crippen LogP contribution in [0.2, 0.25) is 5.02 Å². The third-order valence-corrected chi connectivity index (χ3v) is 8.52. The van der Waals surface area contributed by atoms with E-state index < -0.39 is 27.6 Å². The second kappa shape index (κ2) is 8.20. The molecule has 0 aromatic heterocycles. The van der Waals surface area contributed by atoms with Crippen LogP contribution in [-0.4, -0.2) is 49.4 Å². The summed E-state index contributed by atoms with van der Waals surface area (Å²) in [4.78, 5) is 18.6. The Bertz CT molecular complexity index is 1140. The van der Waals surface area contributed by atoms with Gasteiger partial charge in [-0.2, -0.15) is 4.99 Å². The average Bonchev–Trinajstić information content (AvgIpc) is 3.15. The number of hydrogen-bond donors (Lipinski definition) is 0. The third-order valence-electron chi connectivity index (χ3n) is 5.00. The van der Waals surface area contributed by atoms with Crippen molar-refractivity contribution in [3.63, 3.8) is 0 Å². The molecule has 2 fully saturated rings. The number of benzene rings is 2. The molecular weight excluding hydrogens is 451 g/mol. The van der Waals surface area contributed by atoms with Gasteiger partial charge in [0, 0.05) is 16.5 Å². The Kier molecular flexibility index (Phi) is 5.78. The van der Waals surface area contributed by atoms with Gasteiger partial charge in [0.15, 0.2) is 15.0 Å². The predicted octanol–water partition coefficient (Wildman–Crippen LogP) is 3.33. The molecule has 0 saturated carbocycles. The molecule has 158 valence electrons. The summed E-state index contributed by atoms with van der Waals surface area (Å²) in [6, 6.07) is 11.0. The fourth-order valence-corrected chi connectivity index (χ4v) is 7.71. The monoisotopic (exact) mass is 468 g/mol. The molecule has 1 amide bonds. The maximum Gasteiger partial charge on any atom is 0.252 e. The molecule has 0 bridgehead atoms. The first-order chi connectivity index (χ1) is 14.3. The Morgan fingerprint density at radius 2 is 2.07 bits per heavy atom. The first kappa shape index (κ1) is 21.1. The van der Waals surface area contributed by atoms with Crippen LogP contribution in [0.5, 0.6) is 5.75 Å². The predicted molar refractivity (Wildman–Crippen MR) is 117 cm³/mol. The Morgan fingerprint density at radius 3 is 2.80 bits per heavy atom. The zero-order valence-corrected chi connectivity index (χ0v) is 18.3. The lowest BCUT2D eigenvalue weighted by Crippen LogP contribution is -2.37. The average molecular weight is 469 g/mol. The lowest BCUT2D eigenvalue weighted by Gasteiger charge is -2.24. The molecule has 2 heterocycles. The highest BCUT2D eigenvalue weighted by Crippen LogP contribution is 2.41. The first-order valence-electron chi connectivity index (χ1n) is 9.12. The van der Waals surface area contributed by atoms with Crippen LogP contribution < -0.4 is 9.64 Å². The molecule has 30 heavy (non-hydrogen) atoms. The lowest BCUT2D eigenvalue weighted by molar-refractivity contribution is -0.117. The summed E-state index contributed by atoms with van der Waals surface area (Å²) in [6.45, 7) is 0. The number of methoxy groups -OCH3 is 1. The van der Waals surface area contributed by atoms with Gasteiger partial charge in [0.05, 0.1) is 36.1 Å². The summed E-state index contributed by atoms with van der Waals surface area (Å²) < 4.78 is 43.6. The molecule has 0 aliphatic carbocycles. The summed E-state index contributed by atoms with van der Waals surface area (Å²) in [5.41, 5.74) is 1.11. The number of carbonyl (C=O) groups excluding carboxylic acids is 1. The van der Waals surface area contributed by atoms with Gasteiger partial charge in [-0.25, -0.2) is 12.8 Å². The number of nitrogens with zero attached hydrogens (tertiary/aromatic N) is 2. The highest BCUT2D eigenvalue weighted by Gasteiger charge is 2.49. The molecule has 0 N–H and O–H groups in total. The molecular formula is C20H18ClFN2O4S2. The zero-order valence-electron chi connectivity index (χ0n) is 15.9. The van der Waals surface area contributed by atoms with E-state index in [0.717, 1.165) is 0 Å². The molecule has 2 aliphatic rings. The number of rotatable bonds is 4. The van der Waals surface area contributed by atoms with E-state index in [1.807, 2.05) is 6.07 Å². The summed E-state index contributed by atoms with van der Waals surface area (Å²) in [5.74, 6) is -0.513. The number of thioether (sulfide) groups is 1. The van der Waals surface area contributed by atoms with E-state index in [2.05, 4.69) is 4.99 Å². The van der Waals surface area contributed by atoms with Crippen molar-refractivity contribution in [1.82, 2.24) is 0 Å². The van der Waals surface area contributed by atoms with Gasteiger partial charge < -0.3 is 9.64 Å². The van der Waals surface area contributed by atoms with Crippen LogP contribution in [0.15, 0.2) is 47.5 Å². The first-order valence-corrected chi connectivity index (χ1v) is 12.2. The maximum absolute atomic E-state index is 14.1. The second-order valence-electron chi connectivity index (χ2n) is 7.05. The van der Waals surface area contributed by atoms with Crippen LogP contribution in [0, 0.1) is 5.82 Å². The molecule has 0 unspecified atom stereocenters. The highest BCUT2D eigenvalue weighted by molar-refractivity contribution is 8.16. The summed E-state index contributed by atoms with van der Waals surface area (Å²) in [6.07, 6.45) is 0.0323. The fraction of sp³-hybridized carbons (Fsp3) is 0.300. The summed E-state index contributed by atoms with van der Waals surface area (Å²) >= 11 is 7.03. The number of halogens is 2. The van der Waals surface area contributed by atoms with Gasteiger partial charge in [-0.3, -0.25) is 4.79 Å². The van der Waals surface area contributed by atoms with Crippen molar-refractivity contribution in [3.05, 3.63) is 58.9 Å². The van der Waals surface area contributed by atoms with E-state index in [1.165, 1.54) is 31.0 Å². The van der Waals surface area contributed by atoms with Crippen molar-refractivity contribution in [2.24, 2.45) is 4.99 Å². The highest BCUT2D eigenvalue weighted by atomic mass is 35.5.